The predicted octanol–water partition coefficient (Wildman–Crippen LogP) is 6.76. The van der Waals surface area contributed by atoms with E-state index in [4.69, 9.17) is 4.74 Å². The highest BCUT2D eigenvalue weighted by Gasteiger charge is 2.41. The quantitative estimate of drug-likeness (QED) is 0.471. The van der Waals surface area contributed by atoms with E-state index in [0.29, 0.717) is 24.0 Å². The Morgan fingerprint density at radius 3 is 2.64 bits per heavy atom. The lowest BCUT2D eigenvalue weighted by Crippen LogP contribution is -2.12. The van der Waals surface area contributed by atoms with Crippen LogP contribution < -0.4 is 4.74 Å². The van der Waals surface area contributed by atoms with Crippen LogP contribution >= 0.6 is 0 Å². The summed E-state index contributed by atoms with van der Waals surface area (Å²) >= 11 is 0. The lowest BCUT2D eigenvalue weighted by molar-refractivity contribution is 0.313. The normalized spacial score (nSPS) is 25.1. The van der Waals surface area contributed by atoms with Gasteiger partial charge in [0.05, 0.1) is 6.61 Å². The standard InChI is InChI=1S/C22H30F2O/c1-3-5-6-7-8-15-9-10-17-16(15)11-12-18(17)19-13-14-20(25-4-2)22(24)21(19)23/h12-17H,3-11H2,1-2H3. The Balaban J connectivity index is 1.69. The average Bonchev–Trinajstić information content (AvgIpc) is 3.19. The fraction of sp³-hybridized carbons (Fsp3) is 0.636. The summed E-state index contributed by atoms with van der Waals surface area (Å²) in [6.45, 7) is 4.35. The van der Waals surface area contributed by atoms with Gasteiger partial charge in [-0.2, -0.15) is 4.39 Å². The minimum absolute atomic E-state index is 0.0131. The third-order valence-corrected chi connectivity index (χ3v) is 6.07. The van der Waals surface area contributed by atoms with E-state index in [1.165, 1.54) is 38.5 Å². The van der Waals surface area contributed by atoms with Crippen LogP contribution in [0.15, 0.2) is 18.2 Å². The van der Waals surface area contributed by atoms with Gasteiger partial charge < -0.3 is 4.74 Å². The van der Waals surface area contributed by atoms with Gasteiger partial charge in [-0.05, 0) is 61.6 Å². The zero-order chi connectivity index (χ0) is 17.8. The third kappa shape index (κ3) is 3.75. The highest BCUT2D eigenvalue weighted by Crippen LogP contribution is 2.52. The van der Waals surface area contributed by atoms with E-state index in [0.717, 1.165) is 24.3 Å². The summed E-state index contributed by atoms with van der Waals surface area (Å²) in [5.41, 5.74) is 1.47. The predicted molar refractivity (Wildman–Crippen MR) is 98.6 cm³/mol. The van der Waals surface area contributed by atoms with Crippen LogP contribution in [-0.2, 0) is 0 Å². The van der Waals surface area contributed by atoms with E-state index < -0.39 is 11.6 Å². The smallest absolute Gasteiger partial charge is 0.201 e. The summed E-state index contributed by atoms with van der Waals surface area (Å²) in [4.78, 5) is 0. The number of benzene rings is 1. The number of fused-ring (bicyclic) bond motifs is 1. The molecular weight excluding hydrogens is 318 g/mol. The lowest BCUT2D eigenvalue weighted by Gasteiger charge is -2.20. The van der Waals surface area contributed by atoms with Gasteiger partial charge in [-0.3, -0.25) is 0 Å². The highest BCUT2D eigenvalue weighted by atomic mass is 19.2. The molecule has 1 aromatic rings. The zero-order valence-corrected chi connectivity index (χ0v) is 15.5. The molecule has 3 unspecified atom stereocenters. The van der Waals surface area contributed by atoms with Crippen molar-refractivity contribution < 1.29 is 13.5 Å². The van der Waals surface area contributed by atoms with Crippen molar-refractivity contribution in [1.29, 1.82) is 0 Å². The van der Waals surface area contributed by atoms with Crippen molar-refractivity contribution in [1.82, 2.24) is 0 Å². The fourth-order valence-electron chi connectivity index (χ4n) is 4.83. The minimum Gasteiger partial charge on any atom is -0.491 e. The molecule has 0 bridgehead atoms. The van der Waals surface area contributed by atoms with Gasteiger partial charge in [0.25, 0.3) is 0 Å². The van der Waals surface area contributed by atoms with E-state index in [9.17, 15) is 8.78 Å². The van der Waals surface area contributed by atoms with Crippen LogP contribution in [-0.4, -0.2) is 6.61 Å². The summed E-state index contributed by atoms with van der Waals surface area (Å²) in [5.74, 6) is 0.209. The molecule has 3 atom stereocenters. The van der Waals surface area contributed by atoms with Crippen molar-refractivity contribution in [2.24, 2.45) is 17.8 Å². The largest absolute Gasteiger partial charge is 0.491 e. The third-order valence-electron chi connectivity index (χ3n) is 6.07. The first-order valence-corrected chi connectivity index (χ1v) is 9.98. The Morgan fingerprint density at radius 2 is 1.88 bits per heavy atom. The van der Waals surface area contributed by atoms with Gasteiger partial charge in [0.15, 0.2) is 11.6 Å². The number of unbranched alkanes of at least 4 members (excludes halogenated alkanes) is 3. The van der Waals surface area contributed by atoms with Crippen LogP contribution in [0, 0.1) is 29.4 Å². The van der Waals surface area contributed by atoms with Gasteiger partial charge in [-0.1, -0.05) is 45.1 Å². The monoisotopic (exact) mass is 348 g/mol. The number of hydrogen-bond donors (Lipinski definition) is 0. The second-order valence-corrected chi connectivity index (χ2v) is 7.52. The summed E-state index contributed by atoms with van der Waals surface area (Å²) in [5, 5.41) is 0. The number of allylic oxidation sites excluding steroid dienone is 2. The Kier molecular flexibility index (Phi) is 6.14. The molecule has 1 saturated carbocycles. The molecule has 25 heavy (non-hydrogen) atoms. The molecule has 3 heteroatoms. The first-order valence-electron chi connectivity index (χ1n) is 9.98. The molecular formula is C22H30F2O. The maximum absolute atomic E-state index is 14.6. The zero-order valence-electron chi connectivity index (χ0n) is 15.5. The SMILES string of the molecule is CCCCCCC1CCC2C(c3ccc(OCC)c(F)c3F)=CCC12. The summed E-state index contributed by atoms with van der Waals surface area (Å²) < 4.78 is 34.0. The minimum atomic E-state index is -0.849. The van der Waals surface area contributed by atoms with Crippen LogP contribution in [0.5, 0.6) is 5.75 Å². The molecule has 0 radical (unpaired) electrons. The second kappa shape index (κ2) is 8.33. The Morgan fingerprint density at radius 1 is 1.04 bits per heavy atom. The second-order valence-electron chi connectivity index (χ2n) is 7.52. The molecule has 0 aliphatic heterocycles. The Bertz CT molecular complexity index is 623. The molecule has 2 aliphatic rings. The number of rotatable bonds is 8. The average molecular weight is 348 g/mol. The molecule has 0 amide bonds. The maximum Gasteiger partial charge on any atom is 0.201 e. The van der Waals surface area contributed by atoms with Crippen LogP contribution in [0.25, 0.3) is 5.57 Å². The van der Waals surface area contributed by atoms with Gasteiger partial charge in [-0.15, -0.1) is 0 Å². The first-order chi connectivity index (χ1) is 12.2. The van der Waals surface area contributed by atoms with Crippen LogP contribution in [0.2, 0.25) is 0 Å². The molecule has 0 aromatic heterocycles. The summed E-state index contributed by atoms with van der Waals surface area (Å²) in [6, 6.07) is 3.27. The van der Waals surface area contributed by atoms with Crippen molar-refractivity contribution in [2.75, 3.05) is 6.61 Å². The van der Waals surface area contributed by atoms with E-state index in [-0.39, 0.29) is 5.75 Å². The lowest BCUT2D eigenvalue weighted by atomic mass is 9.84. The molecule has 0 heterocycles. The van der Waals surface area contributed by atoms with Crippen molar-refractivity contribution >= 4 is 5.57 Å². The van der Waals surface area contributed by atoms with Crippen LogP contribution in [0.1, 0.15) is 70.8 Å². The molecule has 0 spiro atoms. The van der Waals surface area contributed by atoms with E-state index in [2.05, 4.69) is 13.0 Å². The molecule has 1 aromatic carbocycles. The molecule has 1 fully saturated rings. The van der Waals surface area contributed by atoms with Gasteiger partial charge in [0.2, 0.25) is 5.82 Å². The maximum atomic E-state index is 14.6. The Labute approximate surface area is 150 Å². The summed E-state index contributed by atoms with van der Waals surface area (Å²) in [6.07, 6.45) is 12.0. The molecule has 0 saturated heterocycles. The van der Waals surface area contributed by atoms with Gasteiger partial charge in [0.1, 0.15) is 0 Å². The number of hydrogen-bond acceptors (Lipinski definition) is 1. The molecule has 0 N–H and O–H groups in total. The summed E-state index contributed by atoms with van der Waals surface area (Å²) in [7, 11) is 0. The highest BCUT2D eigenvalue weighted by molar-refractivity contribution is 5.71. The molecule has 1 nitrogen and oxygen atoms in total. The van der Waals surface area contributed by atoms with E-state index >= 15 is 0 Å². The van der Waals surface area contributed by atoms with Crippen LogP contribution in [0.4, 0.5) is 8.78 Å². The van der Waals surface area contributed by atoms with Crippen molar-refractivity contribution in [3.05, 3.63) is 35.4 Å². The Hall–Kier alpha value is -1.38. The van der Waals surface area contributed by atoms with Crippen molar-refractivity contribution in [2.45, 2.75) is 65.2 Å². The number of ether oxygens (including phenoxy) is 1. The number of halogens is 2. The molecule has 2 aliphatic carbocycles. The van der Waals surface area contributed by atoms with E-state index in [1.54, 1.807) is 19.1 Å². The first kappa shape index (κ1) is 18.4. The van der Waals surface area contributed by atoms with Gasteiger partial charge in [0, 0.05) is 5.56 Å². The fourth-order valence-corrected chi connectivity index (χ4v) is 4.83. The van der Waals surface area contributed by atoms with Crippen molar-refractivity contribution in [3.8, 4) is 5.75 Å². The van der Waals surface area contributed by atoms with Gasteiger partial charge >= 0.3 is 0 Å². The molecule has 138 valence electrons. The van der Waals surface area contributed by atoms with E-state index in [1.807, 2.05) is 0 Å². The topological polar surface area (TPSA) is 9.23 Å². The molecule has 3 rings (SSSR count). The van der Waals surface area contributed by atoms with Crippen molar-refractivity contribution in [3.63, 3.8) is 0 Å². The van der Waals surface area contributed by atoms with Crippen LogP contribution in [0.3, 0.4) is 0 Å². The van der Waals surface area contributed by atoms with Gasteiger partial charge in [-0.25, -0.2) is 4.39 Å².